The van der Waals surface area contributed by atoms with Crippen LogP contribution in [0.15, 0.2) is 29.1 Å². The van der Waals surface area contributed by atoms with Crippen molar-refractivity contribution >= 4 is 39.3 Å². The van der Waals surface area contributed by atoms with Gasteiger partial charge in [-0.25, -0.2) is 9.78 Å². The van der Waals surface area contributed by atoms with E-state index in [0.717, 1.165) is 42.8 Å². The molecular formula is C21H17N3O5S. The smallest absolute Gasteiger partial charge is 0.323 e. The molecule has 0 radical (unpaired) electrons. The van der Waals surface area contributed by atoms with Gasteiger partial charge < -0.3 is 4.84 Å². The number of carbonyl (C=O) groups is 3. The number of hydrogen-bond donors (Lipinski definition) is 0. The van der Waals surface area contributed by atoms with Crippen LogP contribution >= 0.6 is 11.3 Å². The lowest BCUT2D eigenvalue weighted by atomic mass is 10.1. The van der Waals surface area contributed by atoms with Gasteiger partial charge in [0, 0.05) is 13.0 Å². The van der Waals surface area contributed by atoms with E-state index < -0.39 is 17.8 Å². The lowest BCUT2D eigenvalue weighted by Gasteiger charge is -2.12. The topological polar surface area (TPSA) is 98.6 Å². The summed E-state index contributed by atoms with van der Waals surface area (Å²) in [5, 5.41) is 0.867. The first-order chi connectivity index (χ1) is 14.5. The fourth-order valence-corrected chi connectivity index (χ4v) is 5.04. The number of rotatable bonds is 2. The van der Waals surface area contributed by atoms with Crippen LogP contribution in [0.5, 0.6) is 0 Å². The third-order valence-corrected chi connectivity index (χ3v) is 6.69. The molecule has 2 aliphatic heterocycles. The van der Waals surface area contributed by atoms with E-state index in [-0.39, 0.29) is 21.6 Å². The first-order valence-electron chi connectivity index (χ1n) is 9.70. The summed E-state index contributed by atoms with van der Waals surface area (Å²) in [6.07, 6.45) is 3.65. The maximum absolute atomic E-state index is 13.0. The normalized spacial score (nSPS) is 15.8. The van der Waals surface area contributed by atoms with E-state index in [1.807, 2.05) is 0 Å². The highest BCUT2D eigenvalue weighted by Gasteiger charge is 2.39. The first-order valence-corrected chi connectivity index (χ1v) is 10.5. The van der Waals surface area contributed by atoms with Crippen LogP contribution in [0.3, 0.4) is 0 Å². The van der Waals surface area contributed by atoms with Gasteiger partial charge in [0.25, 0.3) is 17.4 Å². The fourth-order valence-electron chi connectivity index (χ4n) is 3.98. The second kappa shape index (κ2) is 6.88. The van der Waals surface area contributed by atoms with E-state index in [1.54, 1.807) is 23.6 Å². The Kier molecular flexibility index (Phi) is 4.28. The van der Waals surface area contributed by atoms with Crippen molar-refractivity contribution < 1.29 is 19.2 Å². The molecule has 0 unspecified atom stereocenters. The Hall–Kier alpha value is -3.33. The van der Waals surface area contributed by atoms with Gasteiger partial charge in [-0.15, -0.1) is 11.3 Å². The molecule has 0 spiro atoms. The molecule has 2 aliphatic rings. The van der Waals surface area contributed by atoms with Crippen LogP contribution in [0.25, 0.3) is 10.2 Å². The molecule has 30 heavy (non-hydrogen) atoms. The lowest BCUT2D eigenvalue weighted by molar-refractivity contribution is -0.0581. The molecule has 9 heteroatoms. The number of amides is 2. The number of benzene rings is 1. The third kappa shape index (κ3) is 2.69. The minimum absolute atomic E-state index is 0.159. The zero-order valence-electron chi connectivity index (χ0n) is 16.1. The molecule has 5 rings (SSSR count). The van der Waals surface area contributed by atoms with Crippen LogP contribution in [-0.4, -0.2) is 32.4 Å². The molecule has 152 valence electrons. The van der Waals surface area contributed by atoms with Crippen molar-refractivity contribution in [2.45, 2.75) is 39.2 Å². The van der Waals surface area contributed by atoms with Gasteiger partial charge in [-0.05, 0) is 37.5 Å². The number of aromatic nitrogens is 2. The standard InChI is InChI=1S/C21H17N3O5S/c1-11-15-17(22-14-9-3-2-6-10-23(14)20(15)27)30-16(11)21(28)29-24-18(25)12-7-4-5-8-13(12)19(24)26/h4-5,7-8H,2-3,6,9-10H2,1H3. The van der Waals surface area contributed by atoms with Gasteiger partial charge >= 0.3 is 5.97 Å². The Bertz CT molecular complexity index is 1270. The predicted molar refractivity (Wildman–Crippen MR) is 109 cm³/mol. The molecular weight excluding hydrogens is 406 g/mol. The first kappa shape index (κ1) is 18.7. The Morgan fingerprint density at radius 2 is 1.77 bits per heavy atom. The van der Waals surface area contributed by atoms with E-state index in [4.69, 9.17) is 4.84 Å². The number of imide groups is 1. The Balaban J connectivity index is 1.51. The highest BCUT2D eigenvalue weighted by molar-refractivity contribution is 7.20. The highest BCUT2D eigenvalue weighted by Crippen LogP contribution is 2.30. The zero-order valence-corrected chi connectivity index (χ0v) is 17.0. The van der Waals surface area contributed by atoms with Gasteiger partial charge in [0.15, 0.2) is 0 Å². The Morgan fingerprint density at radius 1 is 1.07 bits per heavy atom. The van der Waals surface area contributed by atoms with Crippen molar-refractivity contribution in [3.63, 3.8) is 0 Å². The predicted octanol–water partition coefficient (Wildman–Crippen LogP) is 2.86. The number of aryl methyl sites for hydroxylation is 2. The largest absolute Gasteiger partial charge is 0.374 e. The quantitative estimate of drug-likeness (QED) is 0.588. The zero-order chi connectivity index (χ0) is 21.0. The summed E-state index contributed by atoms with van der Waals surface area (Å²) in [5.41, 5.74) is 0.665. The maximum Gasteiger partial charge on any atom is 0.374 e. The molecule has 0 atom stereocenters. The van der Waals surface area contributed by atoms with Gasteiger partial charge in [0.2, 0.25) is 0 Å². The van der Waals surface area contributed by atoms with Gasteiger partial charge in [-0.3, -0.25) is 19.0 Å². The maximum atomic E-state index is 13.0. The van der Waals surface area contributed by atoms with Crippen LogP contribution < -0.4 is 5.56 Å². The molecule has 0 saturated carbocycles. The highest BCUT2D eigenvalue weighted by atomic mass is 32.1. The van der Waals surface area contributed by atoms with Crippen LogP contribution in [0.2, 0.25) is 0 Å². The van der Waals surface area contributed by atoms with Gasteiger partial charge in [-0.2, -0.15) is 0 Å². The number of thiophene rings is 1. The Labute approximate surface area is 174 Å². The van der Waals surface area contributed by atoms with Crippen LogP contribution in [-0.2, 0) is 17.8 Å². The van der Waals surface area contributed by atoms with Gasteiger partial charge in [0.1, 0.15) is 15.5 Å². The molecule has 2 aromatic heterocycles. The summed E-state index contributed by atoms with van der Waals surface area (Å²) in [7, 11) is 0. The Morgan fingerprint density at radius 3 is 2.47 bits per heavy atom. The summed E-state index contributed by atoms with van der Waals surface area (Å²) >= 11 is 1.05. The van der Waals surface area contributed by atoms with Gasteiger partial charge in [-0.1, -0.05) is 23.6 Å². The monoisotopic (exact) mass is 423 g/mol. The van der Waals surface area contributed by atoms with E-state index in [9.17, 15) is 19.2 Å². The second-order valence-electron chi connectivity index (χ2n) is 7.36. The minimum atomic E-state index is -0.857. The van der Waals surface area contributed by atoms with Crippen molar-refractivity contribution in [3.05, 3.63) is 62.0 Å². The number of hydrogen-bond acceptors (Lipinski definition) is 7. The molecule has 4 heterocycles. The summed E-state index contributed by atoms with van der Waals surface area (Å²) < 4.78 is 1.69. The van der Waals surface area contributed by atoms with Crippen LogP contribution in [0.4, 0.5) is 0 Å². The summed E-state index contributed by atoms with van der Waals surface area (Å²) in [4.78, 5) is 61.2. The third-order valence-electron chi connectivity index (χ3n) is 5.53. The summed E-state index contributed by atoms with van der Waals surface area (Å²) in [6, 6.07) is 6.28. The average Bonchev–Trinajstić information content (AvgIpc) is 3.05. The van der Waals surface area contributed by atoms with E-state index >= 15 is 0 Å². The molecule has 8 nitrogen and oxygen atoms in total. The van der Waals surface area contributed by atoms with E-state index in [0.29, 0.717) is 27.4 Å². The molecule has 3 aromatic rings. The molecule has 0 aliphatic carbocycles. The second-order valence-corrected chi connectivity index (χ2v) is 8.36. The molecule has 1 aromatic carbocycles. The van der Waals surface area contributed by atoms with Crippen LogP contribution in [0.1, 0.15) is 61.0 Å². The number of fused-ring (bicyclic) bond motifs is 3. The molecule has 2 amide bonds. The molecule has 0 N–H and O–H groups in total. The lowest BCUT2D eigenvalue weighted by Crippen LogP contribution is -2.32. The van der Waals surface area contributed by atoms with E-state index in [1.165, 1.54) is 12.1 Å². The number of carbonyl (C=O) groups excluding carboxylic acids is 3. The van der Waals surface area contributed by atoms with Crippen molar-refractivity contribution in [1.82, 2.24) is 14.6 Å². The van der Waals surface area contributed by atoms with Crippen molar-refractivity contribution in [3.8, 4) is 0 Å². The molecule has 0 fully saturated rings. The van der Waals surface area contributed by atoms with Crippen molar-refractivity contribution in [1.29, 1.82) is 0 Å². The molecule has 0 saturated heterocycles. The minimum Gasteiger partial charge on any atom is -0.323 e. The summed E-state index contributed by atoms with van der Waals surface area (Å²) in [6.45, 7) is 2.27. The summed E-state index contributed by atoms with van der Waals surface area (Å²) in [5.74, 6) is -1.50. The van der Waals surface area contributed by atoms with Crippen LogP contribution in [0, 0.1) is 6.92 Å². The van der Waals surface area contributed by atoms with E-state index in [2.05, 4.69) is 4.98 Å². The van der Waals surface area contributed by atoms with Crippen molar-refractivity contribution in [2.75, 3.05) is 0 Å². The van der Waals surface area contributed by atoms with Gasteiger partial charge in [0.05, 0.1) is 16.5 Å². The SMILES string of the molecule is Cc1c(C(=O)ON2C(=O)c3ccccc3C2=O)sc2nc3n(c(=O)c12)CCCCC3. The van der Waals surface area contributed by atoms with Crippen molar-refractivity contribution in [2.24, 2.45) is 0 Å². The average molecular weight is 423 g/mol. The number of nitrogens with zero attached hydrogens (tertiary/aromatic N) is 3. The molecule has 0 bridgehead atoms. The fraction of sp³-hybridized carbons (Fsp3) is 0.286. The number of hydroxylamine groups is 2.